The zero-order valence-corrected chi connectivity index (χ0v) is 10.3. The number of nitrogens with one attached hydrogen (secondary N) is 2. The second-order valence-corrected chi connectivity index (χ2v) is 4.67. The van der Waals surface area contributed by atoms with Crippen molar-refractivity contribution in [2.45, 2.75) is 32.6 Å². The maximum absolute atomic E-state index is 11.9. The number of anilines is 1. The number of H-pyrrole nitrogens is 1. The van der Waals surface area contributed by atoms with Gasteiger partial charge in [-0.15, -0.1) is 0 Å². The van der Waals surface area contributed by atoms with Gasteiger partial charge < -0.3 is 10.4 Å². The topological polar surface area (TPSA) is 95.1 Å². The molecule has 6 heteroatoms. The molecule has 0 saturated heterocycles. The number of carboxylic acids is 1. The molecule has 1 saturated carbocycles. The molecule has 2 rings (SSSR count). The van der Waals surface area contributed by atoms with Crippen molar-refractivity contribution in [1.82, 2.24) is 10.2 Å². The number of aromatic nitrogens is 2. The summed E-state index contributed by atoms with van der Waals surface area (Å²) in [6.45, 7) is 1.99. The number of aliphatic carboxylic acids is 1. The summed E-state index contributed by atoms with van der Waals surface area (Å²) in [6.07, 6.45) is 2.46. The van der Waals surface area contributed by atoms with E-state index in [1.54, 1.807) is 6.07 Å². The first-order valence-corrected chi connectivity index (χ1v) is 6.18. The van der Waals surface area contributed by atoms with Gasteiger partial charge in [-0.25, -0.2) is 0 Å². The number of carbonyl (C=O) groups excluding carboxylic acids is 1. The summed E-state index contributed by atoms with van der Waals surface area (Å²) in [5.74, 6) is -1.03. The highest BCUT2D eigenvalue weighted by Crippen LogP contribution is 2.31. The molecule has 2 atom stereocenters. The number of aryl methyl sites for hydroxylation is 1. The molecule has 1 amide bonds. The van der Waals surface area contributed by atoms with Crippen LogP contribution in [0.15, 0.2) is 6.07 Å². The number of carboxylic acid groups (broad SMARTS) is 1. The van der Waals surface area contributed by atoms with Crippen molar-refractivity contribution >= 4 is 17.7 Å². The molecule has 98 valence electrons. The highest BCUT2D eigenvalue weighted by molar-refractivity contribution is 5.92. The van der Waals surface area contributed by atoms with E-state index in [4.69, 9.17) is 5.11 Å². The molecule has 1 aromatic rings. The molecule has 0 bridgehead atoms. The van der Waals surface area contributed by atoms with Crippen LogP contribution in [0.5, 0.6) is 0 Å². The number of rotatable bonds is 4. The van der Waals surface area contributed by atoms with Crippen LogP contribution in [-0.2, 0) is 16.0 Å². The van der Waals surface area contributed by atoms with Gasteiger partial charge in [-0.3, -0.25) is 14.7 Å². The third-order valence-corrected chi connectivity index (χ3v) is 3.42. The molecule has 2 unspecified atom stereocenters. The van der Waals surface area contributed by atoms with Crippen molar-refractivity contribution in [3.63, 3.8) is 0 Å². The fourth-order valence-electron chi connectivity index (χ4n) is 2.28. The van der Waals surface area contributed by atoms with Gasteiger partial charge in [-0.05, 0) is 25.7 Å². The van der Waals surface area contributed by atoms with Crippen LogP contribution in [0.25, 0.3) is 0 Å². The van der Waals surface area contributed by atoms with Crippen LogP contribution in [0.3, 0.4) is 0 Å². The summed E-state index contributed by atoms with van der Waals surface area (Å²) >= 11 is 0. The second-order valence-electron chi connectivity index (χ2n) is 4.67. The van der Waals surface area contributed by atoms with E-state index in [9.17, 15) is 9.59 Å². The lowest BCUT2D eigenvalue weighted by Crippen LogP contribution is -2.21. The lowest BCUT2D eigenvalue weighted by atomic mass is 10.0. The number of nitrogens with zero attached hydrogens (tertiary/aromatic N) is 1. The first-order valence-electron chi connectivity index (χ1n) is 6.18. The highest BCUT2D eigenvalue weighted by atomic mass is 16.4. The Bertz CT molecular complexity index is 455. The van der Waals surface area contributed by atoms with E-state index in [1.165, 1.54) is 0 Å². The second kappa shape index (κ2) is 5.20. The molecule has 1 aliphatic carbocycles. The van der Waals surface area contributed by atoms with Crippen LogP contribution in [-0.4, -0.2) is 27.2 Å². The van der Waals surface area contributed by atoms with Crippen LogP contribution in [0.4, 0.5) is 5.82 Å². The maximum atomic E-state index is 11.9. The number of hydrogen-bond acceptors (Lipinski definition) is 3. The third kappa shape index (κ3) is 2.69. The predicted molar refractivity (Wildman–Crippen MR) is 65.1 cm³/mol. The van der Waals surface area contributed by atoms with E-state index in [0.717, 1.165) is 12.1 Å². The van der Waals surface area contributed by atoms with E-state index in [1.807, 2.05) is 6.92 Å². The highest BCUT2D eigenvalue weighted by Gasteiger charge is 2.33. The van der Waals surface area contributed by atoms with Gasteiger partial charge in [0.2, 0.25) is 5.91 Å². The number of amides is 1. The fourth-order valence-corrected chi connectivity index (χ4v) is 2.28. The van der Waals surface area contributed by atoms with Crippen molar-refractivity contribution in [3.05, 3.63) is 11.8 Å². The normalized spacial score (nSPS) is 22.9. The van der Waals surface area contributed by atoms with Crippen LogP contribution in [0.1, 0.15) is 31.9 Å². The largest absolute Gasteiger partial charge is 0.481 e. The zero-order chi connectivity index (χ0) is 13.1. The summed E-state index contributed by atoms with van der Waals surface area (Å²) in [7, 11) is 0. The van der Waals surface area contributed by atoms with Crippen LogP contribution < -0.4 is 5.32 Å². The minimum atomic E-state index is -0.807. The molecular weight excluding hydrogens is 234 g/mol. The molecule has 6 nitrogen and oxygen atoms in total. The summed E-state index contributed by atoms with van der Waals surface area (Å²) in [5, 5.41) is 18.4. The van der Waals surface area contributed by atoms with Gasteiger partial charge in [0.05, 0.1) is 5.92 Å². The fraction of sp³-hybridized carbons (Fsp3) is 0.583. The molecule has 0 spiro atoms. The Morgan fingerprint density at radius 2 is 2.22 bits per heavy atom. The SMILES string of the molecule is CCc1cc(NC(=O)C2CCC(C(=O)O)C2)n[nH]1. The first-order chi connectivity index (χ1) is 8.60. The Labute approximate surface area is 105 Å². The summed E-state index contributed by atoms with van der Waals surface area (Å²) in [4.78, 5) is 22.7. The van der Waals surface area contributed by atoms with Crippen LogP contribution >= 0.6 is 0 Å². The first kappa shape index (κ1) is 12.6. The van der Waals surface area contributed by atoms with Gasteiger partial charge in [-0.1, -0.05) is 6.92 Å². The molecule has 1 heterocycles. The van der Waals surface area contributed by atoms with Crippen molar-refractivity contribution in [2.75, 3.05) is 5.32 Å². The minimum Gasteiger partial charge on any atom is -0.481 e. The lowest BCUT2D eigenvalue weighted by molar-refractivity contribution is -0.141. The van der Waals surface area contributed by atoms with Gasteiger partial charge in [0, 0.05) is 17.7 Å². The van der Waals surface area contributed by atoms with E-state index in [0.29, 0.717) is 25.1 Å². The summed E-state index contributed by atoms with van der Waals surface area (Å²) in [6, 6.07) is 1.79. The maximum Gasteiger partial charge on any atom is 0.306 e. The summed E-state index contributed by atoms with van der Waals surface area (Å²) in [5.41, 5.74) is 0.958. The molecule has 0 aromatic carbocycles. The Balaban J connectivity index is 1.91. The van der Waals surface area contributed by atoms with Crippen LogP contribution in [0, 0.1) is 11.8 Å². The molecule has 1 aromatic heterocycles. The van der Waals surface area contributed by atoms with Crippen molar-refractivity contribution in [1.29, 1.82) is 0 Å². The molecule has 3 N–H and O–H groups in total. The molecule has 1 fully saturated rings. The minimum absolute atomic E-state index is 0.132. The quantitative estimate of drug-likeness (QED) is 0.754. The van der Waals surface area contributed by atoms with E-state index in [-0.39, 0.29) is 17.7 Å². The lowest BCUT2D eigenvalue weighted by Gasteiger charge is -2.08. The third-order valence-electron chi connectivity index (χ3n) is 3.42. The standard InChI is InChI=1S/C12H17N3O3/c1-2-9-6-10(15-14-9)13-11(16)7-3-4-8(5-7)12(17)18/h6-8H,2-5H2,1H3,(H,17,18)(H2,13,14,15,16). The molecule has 1 aliphatic rings. The van der Waals surface area contributed by atoms with Crippen LogP contribution in [0.2, 0.25) is 0 Å². The van der Waals surface area contributed by atoms with Gasteiger partial charge >= 0.3 is 5.97 Å². The Kier molecular flexibility index (Phi) is 3.64. The van der Waals surface area contributed by atoms with Crippen molar-refractivity contribution < 1.29 is 14.7 Å². The Hall–Kier alpha value is -1.85. The van der Waals surface area contributed by atoms with Crippen molar-refractivity contribution in [2.24, 2.45) is 11.8 Å². The molecule has 0 radical (unpaired) electrons. The van der Waals surface area contributed by atoms with Crippen molar-refractivity contribution in [3.8, 4) is 0 Å². The van der Waals surface area contributed by atoms with E-state index in [2.05, 4.69) is 15.5 Å². The Morgan fingerprint density at radius 1 is 1.50 bits per heavy atom. The predicted octanol–water partition coefficient (Wildman–Crippen LogP) is 1.41. The number of hydrogen-bond donors (Lipinski definition) is 3. The molecule has 0 aliphatic heterocycles. The Morgan fingerprint density at radius 3 is 2.78 bits per heavy atom. The van der Waals surface area contributed by atoms with Gasteiger partial charge in [0.1, 0.15) is 0 Å². The zero-order valence-electron chi connectivity index (χ0n) is 10.3. The van der Waals surface area contributed by atoms with E-state index < -0.39 is 5.97 Å². The monoisotopic (exact) mass is 251 g/mol. The molecule has 18 heavy (non-hydrogen) atoms. The molecular formula is C12H17N3O3. The smallest absolute Gasteiger partial charge is 0.306 e. The number of aromatic amines is 1. The van der Waals surface area contributed by atoms with Gasteiger partial charge in [0.25, 0.3) is 0 Å². The van der Waals surface area contributed by atoms with E-state index >= 15 is 0 Å². The summed E-state index contributed by atoms with van der Waals surface area (Å²) < 4.78 is 0. The average Bonchev–Trinajstić information content (AvgIpc) is 2.97. The van der Waals surface area contributed by atoms with Gasteiger partial charge in [0.15, 0.2) is 5.82 Å². The van der Waals surface area contributed by atoms with Gasteiger partial charge in [-0.2, -0.15) is 5.10 Å². The average molecular weight is 251 g/mol. The number of carbonyl (C=O) groups is 2.